The van der Waals surface area contributed by atoms with Crippen LogP contribution in [0.4, 0.5) is 17.8 Å². The highest BCUT2D eigenvalue weighted by Gasteiger charge is 2.15. The van der Waals surface area contributed by atoms with Crippen molar-refractivity contribution >= 4 is 17.8 Å². The molecule has 0 aliphatic carbocycles. The maximum atomic E-state index is 8.81. The summed E-state index contributed by atoms with van der Waals surface area (Å²) >= 11 is 0. The lowest BCUT2D eigenvalue weighted by molar-refractivity contribution is 0.286. The zero-order valence-electron chi connectivity index (χ0n) is 12.8. The van der Waals surface area contributed by atoms with Gasteiger partial charge in [-0.1, -0.05) is 0 Å². The van der Waals surface area contributed by atoms with Crippen molar-refractivity contribution in [2.24, 2.45) is 0 Å². The van der Waals surface area contributed by atoms with E-state index in [1.54, 1.807) is 0 Å². The predicted molar refractivity (Wildman–Crippen MR) is 84.9 cm³/mol. The first-order valence-electron chi connectivity index (χ1n) is 7.93. The van der Waals surface area contributed by atoms with E-state index in [2.05, 4.69) is 30.5 Å². The first-order chi connectivity index (χ1) is 10.3. The van der Waals surface area contributed by atoms with E-state index >= 15 is 0 Å². The van der Waals surface area contributed by atoms with Gasteiger partial charge in [0, 0.05) is 32.8 Å². The number of unbranched alkanes of at least 4 members (excludes halogenated alkanes) is 1. The van der Waals surface area contributed by atoms with Crippen LogP contribution >= 0.6 is 0 Å². The molecule has 0 amide bonds. The number of nitrogens with one attached hydrogen (secondary N) is 2. The van der Waals surface area contributed by atoms with Crippen molar-refractivity contribution in [3.63, 3.8) is 0 Å². The van der Waals surface area contributed by atoms with Crippen LogP contribution in [0.5, 0.6) is 0 Å². The predicted octanol–water partition coefficient (Wildman–Crippen LogP) is 1.48. The van der Waals surface area contributed by atoms with Crippen molar-refractivity contribution in [1.82, 2.24) is 15.0 Å². The Morgan fingerprint density at radius 3 is 2.38 bits per heavy atom. The summed E-state index contributed by atoms with van der Waals surface area (Å²) in [5.41, 5.74) is 0. The molecule has 7 heteroatoms. The molecule has 7 nitrogen and oxygen atoms in total. The van der Waals surface area contributed by atoms with Crippen LogP contribution in [0, 0.1) is 0 Å². The number of rotatable bonds is 8. The molecule has 2 heterocycles. The smallest absolute Gasteiger partial charge is 0.231 e. The summed E-state index contributed by atoms with van der Waals surface area (Å²) in [5, 5.41) is 15.2. The van der Waals surface area contributed by atoms with E-state index in [1.807, 2.05) is 6.92 Å². The molecule has 3 N–H and O–H groups in total. The van der Waals surface area contributed by atoms with Gasteiger partial charge in [0.25, 0.3) is 0 Å². The quantitative estimate of drug-likeness (QED) is 0.626. The number of aromatic nitrogens is 3. The summed E-state index contributed by atoms with van der Waals surface area (Å²) in [5.74, 6) is 1.99. The molecule has 0 spiro atoms. The van der Waals surface area contributed by atoms with Crippen LogP contribution in [0.25, 0.3) is 0 Å². The topological polar surface area (TPSA) is 86.2 Å². The zero-order valence-corrected chi connectivity index (χ0v) is 12.8. The molecule has 0 unspecified atom stereocenters. The van der Waals surface area contributed by atoms with Crippen molar-refractivity contribution in [2.45, 2.75) is 39.0 Å². The maximum absolute atomic E-state index is 8.81. The van der Waals surface area contributed by atoms with Crippen molar-refractivity contribution in [3.05, 3.63) is 0 Å². The highest BCUT2D eigenvalue weighted by Crippen LogP contribution is 2.18. The van der Waals surface area contributed by atoms with Crippen LogP contribution < -0.4 is 15.5 Å². The van der Waals surface area contributed by atoms with Crippen molar-refractivity contribution in [1.29, 1.82) is 0 Å². The number of piperidine rings is 1. The van der Waals surface area contributed by atoms with Gasteiger partial charge < -0.3 is 20.6 Å². The van der Waals surface area contributed by atoms with Crippen molar-refractivity contribution in [3.8, 4) is 0 Å². The van der Waals surface area contributed by atoms with Gasteiger partial charge in [-0.15, -0.1) is 0 Å². The lowest BCUT2D eigenvalue weighted by atomic mass is 10.1. The number of aliphatic hydroxyl groups excluding tert-OH is 1. The molecule has 0 bridgehead atoms. The average molecular weight is 294 g/mol. The molecule has 0 radical (unpaired) electrons. The molecule has 0 atom stereocenters. The largest absolute Gasteiger partial charge is 0.396 e. The standard InChI is InChI=1S/C14H26N6O/c1-2-15-12-17-13(16-8-4-7-11-21)19-14(18-12)20-9-5-3-6-10-20/h21H,2-11H2,1H3,(H2,15,16,17,18,19). The first-order valence-corrected chi connectivity index (χ1v) is 7.93. The number of nitrogens with zero attached hydrogens (tertiary/aromatic N) is 4. The molecule has 1 aromatic rings. The Kier molecular flexibility index (Phi) is 6.46. The molecule has 1 aliphatic rings. The highest BCUT2D eigenvalue weighted by atomic mass is 16.2. The van der Waals surface area contributed by atoms with E-state index in [9.17, 15) is 0 Å². The number of aliphatic hydroxyl groups is 1. The molecule has 1 saturated heterocycles. The summed E-state index contributed by atoms with van der Waals surface area (Å²) in [6, 6.07) is 0. The van der Waals surface area contributed by atoms with Gasteiger partial charge in [0.05, 0.1) is 0 Å². The zero-order chi connectivity index (χ0) is 14.9. The van der Waals surface area contributed by atoms with Crippen LogP contribution in [-0.4, -0.2) is 52.8 Å². The third-order valence-corrected chi connectivity index (χ3v) is 3.47. The minimum absolute atomic E-state index is 0.223. The average Bonchev–Trinajstić information content (AvgIpc) is 2.53. The lowest BCUT2D eigenvalue weighted by Gasteiger charge is -2.27. The summed E-state index contributed by atoms with van der Waals surface area (Å²) in [7, 11) is 0. The van der Waals surface area contributed by atoms with Crippen molar-refractivity contribution < 1.29 is 5.11 Å². The third-order valence-electron chi connectivity index (χ3n) is 3.47. The van der Waals surface area contributed by atoms with E-state index in [0.29, 0.717) is 11.9 Å². The lowest BCUT2D eigenvalue weighted by Crippen LogP contribution is -2.31. The Balaban J connectivity index is 2.05. The molecule has 0 aromatic carbocycles. The Hall–Kier alpha value is -1.63. The van der Waals surface area contributed by atoms with Crippen LogP contribution in [-0.2, 0) is 0 Å². The van der Waals surface area contributed by atoms with E-state index in [-0.39, 0.29) is 6.61 Å². The van der Waals surface area contributed by atoms with Gasteiger partial charge in [0.1, 0.15) is 0 Å². The summed E-state index contributed by atoms with van der Waals surface area (Å²) < 4.78 is 0. The van der Waals surface area contributed by atoms with Gasteiger partial charge in [-0.05, 0) is 39.0 Å². The van der Waals surface area contributed by atoms with Crippen LogP contribution in [0.15, 0.2) is 0 Å². The second kappa shape index (κ2) is 8.61. The molecule has 2 rings (SSSR count). The molecular formula is C14H26N6O. The van der Waals surface area contributed by atoms with Crippen LogP contribution in [0.2, 0.25) is 0 Å². The minimum atomic E-state index is 0.223. The highest BCUT2D eigenvalue weighted by molar-refractivity contribution is 5.44. The summed E-state index contributed by atoms with van der Waals surface area (Å²) in [4.78, 5) is 15.6. The fraction of sp³-hybridized carbons (Fsp3) is 0.786. The molecule has 118 valence electrons. The Bertz CT molecular complexity index is 422. The van der Waals surface area contributed by atoms with Gasteiger partial charge in [-0.2, -0.15) is 15.0 Å². The van der Waals surface area contributed by atoms with E-state index in [1.165, 1.54) is 19.3 Å². The Morgan fingerprint density at radius 1 is 1.00 bits per heavy atom. The van der Waals surface area contributed by atoms with Gasteiger partial charge in [-0.3, -0.25) is 0 Å². The van der Waals surface area contributed by atoms with Crippen molar-refractivity contribution in [2.75, 3.05) is 48.3 Å². The molecule has 0 saturated carbocycles. The first kappa shape index (κ1) is 15.8. The Labute approximate surface area is 126 Å². The SMILES string of the molecule is CCNc1nc(NCCCCO)nc(N2CCCCC2)n1. The number of hydrogen-bond acceptors (Lipinski definition) is 7. The summed E-state index contributed by atoms with van der Waals surface area (Å²) in [6.45, 7) is 5.82. The molecule has 1 aliphatic heterocycles. The number of hydrogen-bond donors (Lipinski definition) is 3. The van der Waals surface area contributed by atoms with Gasteiger partial charge in [0.2, 0.25) is 17.8 Å². The molecular weight excluding hydrogens is 268 g/mol. The fourth-order valence-electron chi connectivity index (χ4n) is 2.35. The second-order valence-corrected chi connectivity index (χ2v) is 5.22. The van der Waals surface area contributed by atoms with Crippen LogP contribution in [0.1, 0.15) is 39.0 Å². The molecule has 21 heavy (non-hydrogen) atoms. The second-order valence-electron chi connectivity index (χ2n) is 5.22. The fourth-order valence-corrected chi connectivity index (χ4v) is 2.35. The van der Waals surface area contributed by atoms with Gasteiger partial charge in [0.15, 0.2) is 0 Å². The molecule has 1 aromatic heterocycles. The van der Waals surface area contributed by atoms with E-state index in [0.717, 1.165) is 45.0 Å². The molecule has 1 fully saturated rings. The summed E-state index contributed by atoms with van der Waals surface area (Å²) in [6.07, 6.45) is 5.37. The van der Waals surface area contributed by atoms with E-state index < -0.39 is 0 Å². The minimum Gasteiger partial charge on any atom is -0.396 e. The van der Waals surface area contributed by atoms with Crippen LogP contribution in [0.3, 0.4) is 0 Å². The third kappa shape index (κ3) is 5.00. The van der Waals surface area contributed by atoms with Gasteiger partial charge >= 0.3 is 0 Å². The van der Waals surface area contributed by atoms with E-state index in [4.69, 9.17) is 5.11 Å². The monoisotopic (exact) mass is 294 g/mol. The Morgan fingerprint density at radius 2 is 1.71 bits per heavy atom. The maximum Gasteiger partial charge on any atom is 0.231 e. The normalized spacial score (nSPS) is 15.0. The number of anilines is 3. The van der Waals surface area contributed by atoms with Gasteiger partial charge in [-0.25, -0.2) is 0 Å².